The second-order valence-corrected chi connectivity index (χ2v) is 4.25. The van der Waals surface area contributed by atoms with E-state index in [0.29, 0.717) is 5.15 Å². The van der Waals surface area contributed by atoms with E-state index in [0.717, 1.165) is 31.2 Å². The van der Waals surface area contributed by atoms with Gasteiger partial charge in [0.05, 0.1) is 0 Å². The molecule has 0 aromatic carbocycles. The van der Waals surface area contributed by atoms with Crippen LogP contribution in [0.15, 0.2) is 6.07 Å². The Morgan fingerprint density at radius 3 is 2.81 bits per heavy atom. The fraction of sp³-hybridized carbons (Fsp3) is 0.636. The van der Waals surface area contributed by atoms with Gasteiger partial charge in [0.2, 0.25) is 0 Å². The smallest absolute Gasteiger partial charge is 0.135 e. The van der Waals surface area contributed by atoms with Gasteiger partial charge < -0.3 is 10.1 Å². The largest absolute Gasteiger partial charge is 0.385 e. The van der Waals surface area contributed by atoms with Gasteiger partial charge in [-0.25, -0.2) is 9.97 Å². The Bertz CT molecular complexity index is 331. The summed E-state index contributed by atoms with van der Waals surface area (Å²) in [7, 11) is 1.69. The van der Waals surface area contributed by atoms with Crippen LogP contribution in [0.2, 0.25) is 5.15 Å². The molecule has 1 heterocycles. The monoisotopic (exact) mass is 243 g/mol. The van der Waals surface area contributed by atoms with E-state index in [2.05, 4.69) is 15.3 Å². The highest BCUT2D eigenvalue weighted by atomic mass is 35.5. The van der Waals surface area contributed by atoms with Crippen LogP contribution < -0.4 is 5.32 Å². The van der Waals surface area contributed by atoms with E-state index in [-0.39, 0.29) is 5.92 Å². The van der Waals surface area contributed by atoms with Gasteiger partial charge in [0.1, 0.15) is 16.8 Å². The molecule has 0 aliphatic carbocycles. The van der Waals surface area contributed by atoms with Crippen LogP contribution in [0.1, 0.15) is 32.0 Å². The number of nitrogens with one attached hydrogen (secondary N) is 1. The number of rotatable bonds is 6. The van der Waals surface area contributed by atoms with Crippen molar-refractivity contribution in [1.29, 1.82) is 0 Å². The van der Waals surface area contributed by atoms with E-state index < -0.39 is 0 Å². The maximum absolute atomic E-state index is 5.92. The van der Waals surface area contributed by atoms with Crippen molar-refractivity contribution in [2.24, 2.45) is 0 Å². The molecule has 4 nitrogen and oxygen atoms in total. The minimum Gasteiger partial charge on any atom is -0.385 e. The summed E-state index contributed by atoms with van der Waals surface area (Å²) in [6.07, 6.45) is 0.940. The van der Waals surface area contributed by atoms with Gasteiger partial charge in [-0.05, 0) is 6.42 Å². The molecule has 0 radical (unpaired) electrons. The highest BCUT2D eigenvalue weighted by Crippen LogP contribution is 2.16. The lowest BCUT2D eigenvalue weighted by Gasteiger charge is -2.09. The molecule has 0 spiro atoms. The molecule has 1 rings (SSSR count). The summed E-state index contributed by atoms with van der Waals surface area (Å²) >= 11 is 5.92. The zero-order chi connectivity index (χ0) is 12.0. The minimum absolute atomic E-state index is 0.276. The van der Waals surface area contributed by atoms with Gasteiger partial charge in [-0.15, -0.1) is 0 Å². The van der Waals surface area contributed by atoms with E-state index in [4.69, 9.17) is 16.3 Å². The SMILES string of the molecule is COCCCNc1cc(Cl)nc(C(C)C)n1. The summed E-state index contributed by atoms with van der Waals surface area (Å²) in [5, 5.41) is 3.68. The molecule has 0 bridgehead atoms. The third-order valence-corrected chi connectivity index (χ3v) is 2.25. The van der Waals surface area contributed by atoms with Crippen LogP contribution in [-0.2, 0) is 4.74 Å². The van der Waals surface area contributed by atoms with Crippen LogP contribution in [0, 0.1) is 0 Å². The number of hydrogen-bond acceptors (Lipinski definition) is 4. The first-order valence-corrected chi connectivity index (χ1v) is 5.78. The van der Waals surface area contributed by atoms with E-state index >= 15 is 0 Å². The van der Waals surface area contributed by atoms with Crippen molar-refractivity contribution in [3.8, 4) is 0 Å². The summed E-state index contributed by atoms with van der Waals surface area (Å²) in [6, 6.07) is 1.74. The lowest BCUT2D eigenvalue weighted by molar-refractivity contribution is 0.197. The standard InChI is InChI=1S/C11H18ClN3O/c1-8(2)11-14-9(12)7-10(15-11)13-5-4-6-16-3/h7-8H,4-6H2,1-3H3,(H,13,14,15). The molecule has 0 amide bonds. The van der Waals surface area contributed by atoms with Crippen LogP contribution in [-0.4, -0.2) is 30.2 Å². The molecule has 0 atom stereocenters. The van der Waals surface area contributed by atoms with E-state index in [1.807, 2.05) is 13.8 Å². The highest BCUT2D eigenvalue weighted by molar-refractivity contribution is 6.29. The molecule has 0 unspecified atom stereocenters. The van der Waals surface area contributed by atoms with Crippen molar-refractivity contribution in [3.63, 3.8) is 0 Å². The second kappa shape index (κ2) is 6.66. The van der Waals surface area contributed by atoms with Crippen LogP contribution in [0.5, 0.6) is 0 Å². The van der Waals surface area contributed by atoms with E-state index in [9.17, 15) is 0 Å². The summed E-state index contributed by atoms with van der Waals surface area (Å²) in [5.74, 6) is 1.82. The predicted molar refractivity (Wildman–Crippen MR) is 66.1 cm³/mol. The predicted octanol–water partition coefficient (Wildman–Crippen LogP) is 2.70. The number of ether oxygens (including phenoxy) is 1. The number of aromatic nitrogens is 2. The molecule has 1 aromatic rings. The Labute approximate surface area is 101 Å². The Kier molecular flexibility index (Phi) is 5.49. The van der Waals surface area contributed by atoms with Crippen LogP contribution in [0.3, 0.4) is 0 Å². The maximum Gasteiger partial charge on any atom is 0.135 e. The number of hydrogen-bond donors (Lipinski definition) is 1. The van der Waals surface area contributed by atoms with Gasteiger partial charge in [-0.2, -0.15) is 0 Å². The highest BCUT2D eigenvalue weighted by Gasteiger charge is 2.06. The topological polar surface area (TPSA) is 47.0 Å². The number of methoxy groups -OCH3 is 1. The average Bonchev–Trinajstić information content (AvgIpc) is 2.23. The Hall–Kier alpha value is -0.870. The van der Waals surface area contributed by atoms with Gasteiger partial charge in [0.25, 0.3) is 0 Å². The molecule has 0 saturated carbocycles. The summed E-state index contributed by atoms with van der Waals surface area (Å²) in [4.78, 5) is 8.55. The van der Waals surface area contributed by atoms with Gasteiger partial charge >= 0.3 is 0 Å². The van der Waals surface area contributed by atoms with Crippen molar-refractivity contribution in [3.05, 3.63) is 17.0 Å². The molecule has 1 aromatic heterocycles. The number of anilines is 1. The fourth-order valence-electron chi connectivity index (χ4n) is 1.22. The normalized spacial score (nSPS) is 10.8. The first-order valence-electron chi connectivity index (χ1n) is 5.40. The van der Waals surface area contributed by atoms with Crippen molar-refractivity contribution in [2.45, 2.75) is 26.2 Å². The van der Waals surface area contributed by atoms with Crippen molar-refractivity contribution in [1.82, 2.24) is 9.97 Å². The van der Waals surface area contributed by atoms with Crippen molar-refractivity contribution in [2.75, 3.05) is 25.6 Å². The third kappa shape index (κ3) is 4.33. The number of nitrogens with zero attached hydrogens (tertiary/aromatic N) is 2. The zero-order valence-electron chi connectivity index (χ0n) is 9.96. The molecule has 16 heavy (non-hydrogen) atoms. The van der Waals surface area contributed by atoms with Gasteiger partial charge in [-0.1, -0.05) is 25.4 Å². The first kappa shape index (κ1) is 13.2. The van der Waals surface area contributed by atoms with Gasteiger partial charge in [0.15, 0.2) is 0 Å². The summed E-state index contributed by atoms with van der Waals surface area (Å²) < 4.78 is 4.97. The average molecular weight is 244 g/mol. The van der Waals surface area contributed by atoms with E-state index in [1.165, 1.54) is 0 Å². The Morgan fingerprint density at radius 1 is 1.44 bits per heavy atom. The fourth-order valence-corrected chi connectivity index (χ4v) is 1.41. The van der Waals surface area contributed by atoms with Crippen molar-refractivity contribution < 1.29 is 4.74 Å². The van der Waals surface area contributed by atoms with Crippen LogP contribution in [0.25, 0.3) is 0 Å². The van der Waals surface area contributed by atoms with Crippen LogP contribution >= 0.6 is 11.6 Å². The van der Waals surface area contributed by atoms with Gasteiger partial charge in [-0.3, -0.25) is 0 Å². The Morgan fingerprint density at radius 2 is 2.19 bits per heavy atom. The van der Waals surface area contributed by atoms with Crippen LogP contribution in [0.4, 0.5) is 5.82 Å². The third-order valence-electron chi connectivity index (χ3n) is 2.06. The lowest BCUT2D eigenvalue weighted by Crippen LogP contribution is -2.08. The zero-order valence-corrected chi connectivity index (χ0v) is 10.7. The summed E-state index contributed by atoms with van der Waals surface area (Å²) in [5.41, 5.74) is 0. The van der Waals surface area contributed by atoms with Gasteiger partial charge in [0, 0.05) is 32.2 Å². The molecular weight excluding hydrogens is 226 g/mol. The molecular formula is C11H18ClN3O. The molecule has 5 heteroatoms. The van der Waals surface area contributed by atoms with Crippen molar-refractivity contribution >= 4 is 17.4 Å². The maximum atomic E-state index is 5.92. The summed E-state index contributed by atoms with van der Waals surface area (Å²) in [6.45, 7) is 5.64. The number of halogens is 1. The second-order valence-electron chi connectivity index (χ2n) is 3.86. The molecule has 0 saturated heterocycles. The molecule has 90 valence electrons. The molecule has 0 aliphatic heterocycles. The van der Waals surface area contributed by atoms with E-state index in [1.54, 1.807) is 13.2 Å². The quantitative estimate of drug-likeness (QED) is 0.617. The molecule has 1 N–H and O–H groups in total. The Balaban J connectivity index is 2.58. The minimum atomic E-state index is 0.276. The lowest BCUT2D eigenvalue weighted by atomic mass is 10.2. The molecule has 0 aliphatic rings. The molecule has 0 fully saturated rings. The first-order chi connectivity index (χ1) is 7.63.